The molecule has 9 nitrogen and oxygen atoms in total. The molecule has 1 aliphatic rings. The highest BCUT2D eigenvalue weighted by Gasteiger charge is 2.39. The van der Waals surface area contributed by atoms with Gasteiger partial charge in [0.2, 0.25) is 15.9 Å². The molecule has 0 bridgehead atoms. The number of carbonyl (C=O) groups is 3. The number of benzene rings is 2. The molecule has 1 fully saturated rings. The first kappa shape index (κ1) is 21.7. The van der Waals surface area contributed by atoms with Crippen LogP contribution in [0.2, 0.25) is 0 Å². The van der Waals surface area contributed by atoms with Gasteiger partial charge in [-0.05, 0) is 17.9 Å². The minimum absolute atomic E-state index is 0.0118. The topological polar surface area (TPSA) is 116 Å². The minimum atomic E-state index is -3.40. The summed E-state index contributed by atoms with van der Waals surface area (Å²) >= 11 is 0. The summed E-state index contributed by atoms with van der Waals surface area (Å²) in [5, 5.41) is 6.84. The summed E-state index contributed by atoms with van der Waals surface area (Å²) in [7, 11) is -0.548. The maximum atomic E-state index is 12.8. The Bertz CT molecular complexity index is 1080. The molecule has 1 heterocycles. The summed E-state index contributed by atoms with van der Waals surface area (Å²) in [6.45, 7) is -0.0214. The number of fused-ring (bicyclic) bond motifs is 1. The zero-order chi connectivity index (χ0) is 21.9. The second-order valence-corrected chi connectivity index (χ2v) is 9.46. The Hall–Kier alpha value is -2.98. The summed E-state index contributed by atoms with van der Waals surface area (Å²) in [6, 6.07) is 11.5. The van der Waals surface area contributed by atoms with Gasteiger partial charge in [-0.2, -0.15) is 0 Å². The molecule has 160 valence electrons. The number of rotatable bonds is 8. The monoisotopic (exact) mass is 432 g/mol. The molecule has 0 aromatic heterocycles. The molecule has 0 saturated carbocycles. The normalized spacial score (nSPS) is 16.9. The van der Waals surface area contributed by atoms with Crippen LogP contribution in [-0.4, -0.2) is 63.0 Å². The molecule has 10 heteroatoms. The van der Waals surface area contributed by atoms with E-state index >= 15 is 0 Å². The predicted molar refractivity (Wildman–Crippen MR) is 113 cm³/mol. The van der Waals surface area contributed by atoms with Gasteiger partial charge in [0.25, 0.3) is 5.91 Å². The van der Waals surface area contributed by atoms with Gasteiger partial charge < -0.3 is 10.6 Å². The first-order valence-electron chi connectivity index (χ1n) is 9.50. The molecule has 2 N–H and O–H groups in total. The lowest BCUT2D eigenvalue weighted by atomic mass is 10.1. The lowest BCUT2D eigenvalue weighted by Gasteiger charge is -2.15. The van der Waals surface area contributed by atoms with Crippen LogP contribution in [0.5, 0.6) is 0 Å². The van der Waals surface area contributed by atoms with E-state index in [9.17, 15) is 22.8 Å². The lowest BCUT2D eigenvalue weighted by molar-refractivity contribution is -0.121. The van der Waals surface area contributed by atoms with Crippen LogP contribution in [0.3, 0.4) is 0 Å². The second kappa shape index (κ2) is 8.80. The summed E-state index contributed by atoms with van der Waals surface area (Å²) < 4.78 is 24.5. The maximum Gasteiger partial charge on any atom is 0.329 e. The maximum absolute atomic E-state index is 12.8. The number of carbonyl (C=O) groups excluding carboxylic acids is 3. The average Bonchev–Trinajstić information content (AvgIpc) is 2.99. The van der Waals surface area contributed by atoms with E-state index in [-0.39, 0.29) is 31.0 Å². The summed E-state index contributed by atoms with van der Waals surface area (Å²) in [5.74, 6) is -1.01. The van der Waals surface area contributed by atoms with Crippen molar-refractivity contribution in [3.63, 3.8) is 0 Å². The fraction of sp³-hybridized carbons (Fsp3) is 0.350. The van der Waals surface area contributed by atoms with Gasteiger partial charge in [0.05, 0.1) is 11.4 Å². The van der Waals surface area contributed by atoms with Crippen molar-refractivity contribution in [2.75, 3.05) is 31.3 Å². The third kappa shape index (κ3) is 4.60. The zero-order valence-corrected chi connectivity index (χ0v) is 17.6. The quantitative estimate of drug-likeness (QED) is 0.605. The molecule has 2 aromatic carbocycles. The average molecular weight is 433 g/mol. The van der Waals surface area contributed by atoms with E-state index in [1.165, 1.54) is 14.1 Å². The van der Waals surface area contributed by atoms with Gasteiger partial charge in [-0.15, -0.1) is 0 Å². The number of sulfonamides is 1. The Morgan fingerprint density at radius 3 is 2.57 bits per heavy atom. The third-order valence-corrected chi connectivity index (χ3v) is 6.76. The van der Waals surface area contributed by atoms with Crippen molar-refractivity contribution >= 4 is 44.3 Å². The summed E-state index contributed by atoms with van der Waals surface area (Å²) in [5.41, 5.74) is 0.497. The van der Waals surface area contributed by atoms with Crippen molar-refractivity contribution in [1.29, 1.82) is 0 Å². The van der Waals surface area contributed by atoms with E-state index in [2.05, 4.69) is 10.6 Å². The highest BCUT2D eigenvalue weighted by Crippen LogP contribution is 2.29. The lowest BCUT2D eigenvalue weighted by Crippen LogP contribution is -2.35. The van der Waals surface area contributed by atoms with Crippen LogP contribution in [0, 0.1) is 0 Å². The molecule has 0 aliphatic carbocycles. The van der Waals surface area contributed by atoms with Gasteiger partial charge >= 0.3 is 6.03 Å². The number of urea groups is 1. The SMILES string of the molecule is CN(C)S(=O)(=O)CCNC(=O)CC[C@H]1NC(=O)N(c2cccc3ccccc23)C1=O. The van der Waals surface area contributed by atoms with Crippen LogP contribution in [-0.2, 0) is 19.6 Å². The van der Waals surface area contributed by atoms with E-state index in [1.807, 2.05) is 30.3 Å². The molecule has 3 rings (SSSR count). The van der Waals surface area contributed by atoms with Gasteiger partial charge in [0, 0.05) is 32.4 Å². The number of hydrogen-bond donors (Lipinski definition) is 2. The van der Waals surface area contributed by atoms with Crippen molar-refractivity contribution in [3.05, 3.63) is 42.5 Å². The Labute approximate surface area is 175 Å². The molecule has 0 unspecified atom stereocenters. The Kier molecular flexibility index (Phi) is 6.37. The van der Waals surface area contributed by atoms with E-state index in [0.29, 0.717) is 5.69 Å². The van der Waals surface area contributed by atoms with Gasteiger partial charge in [-0.25, -0.2) is 22.4 Å². The standard InChI is InChI=1S/C20H24N4O5S/c1-23(2)30(28,29)13-12-21-18(25)11-10-16-19(26)24(20(27)22-16)17-9-5-7-14-6-3-4-8-15(14)17/h3-9,16H,10-13H2,1-2H3,(H,21,25)(H,22,27)/t16-/m1/s1. The van der Waals surface area contributed by atoms with Crippen LogP contribution < -0.4 is 15.5 Å². The number of amides is 4. The number of anilines is 1. The van der Waals surface area contributed by atoms with Crippen molar-refractivity contribution in [2.45, 2.75) is 18.9 Å². The van der Waals surface area contributed by atoms with Crippen LogP contribution in [0.15, 0.2) is 42.5 Å². The molecular formula is C20H24N4O5S. The van der Waals surface area contributed by atoms with Crippen LogP contribution in [0.4, 0.5) is 10.5 Å². The number of nitrogens with one attached hydrogen (secondary N) is 2. The van der Waals surface area contributed by atoms with Gasteiger partial charge in [-0.1, -0.05) is 36.4 Å². The van der Waals surface area contributed by atoms with E-state index in [0.717, 1.165) is 20.0 Å². The van der Waals surface area contributed by atoms with Gasteiger partial charge in [0.1, 0.15) is 6.04 Å². The molecule has 1 aliphatic heterocycles. The fourth-order valence-electron chi connectivity index (χ4n) is 3.22. The molecule has 1 atom stereocenters. The largest absolute Gasteiger partial charge is 0.355 e. The van der Waals surface area contributed by atoms with Gasteiger partial charge in [0.15, 0.2) is 0 Å². The van der Waals surface area contributed by atoms with Crippen molar-refractivity contribution in [3.8, 4) is 0 Å². The summed E-state index contributed by atoms with van der Waals surface area (Å²) in [6.07, 6.45) is 0.111. The molecule has 0 spiro atoms. The van der Waals surface area contributed by atoms with Crippen LogP contribution in [0.1, 0.15) is 12.8 Å². The highest BCUT2D eigenvalue weighted by molar-refractivity contribution is 7.89. The Morgan fingerprint density at radius 1 is 1.13 bits per heavy atom. The minimum Gasteiger partial charge on any atom is -0.355 e. The zero-order valence-electron chi connectivity index (χ0n) is 16.8. The molecule has 30 heavy (non-hydrogen) atoms. The fourth-order valence-corrected chi connectivity index (χ4v) is 3.95. The van der Waals surface area contributed by atoms with Crippen molar-refractivity contribution in [2.24, 2.45) is 0 Å². The number of imide groups is 1. The number of nitrogens with zero attached hydrogens (tertiary/aromatic N) is 2. The van der Waals surface area contributed by atoms with E-state index in [1.54, 1.807) is 12.1 Å². The number of hydrogen-bond acceptors (Lipinski definition) is 5. The molecule has 2 aromatic rings. The van der Waals surface area contributed by atoms with E-state index < -0.39 is 28.0 Å². The van der Waals surface area contributed by atoms with Gasteiger partial charge in [-0.3, -0.25) is 9.59 Å². The Balaban J connectivity index is 1.60. The highest BCUT2D eigenvalue weighted by atomic mass is 32.2. The van der Waals surface area contributed by atoms with Crippen LogP contribution >= 0.6 is 0 Å². The first-order chi connectivity index (χ1) is 14.2. The van der Waals surface area contributed by atoms with Crippen molar-refractivity contribution < 1.29 is 22.8 Å². The van der Waals surface area contributed by atoms with E-state index in [4.69, 9.17) is 0 Å². The molecule has 0 radical (unpaired) electrons. The Morgan fingerprint density at radius 2 is 1.83 bits per heavy atom. The van der Waals surface area contributed by atoms with Crippen LogP contribution in [0.25, 0.3) is 10.8 Å². The smallest absolute Gasteiger partial charge is 0.329 e. The molecular weight excluding hydrogens is 408 g/mol. The molecule has 4 amide bonds. The first-order valence-corrected chi connectivity index (χ1v) is 11.1. The predicted octanol–water partition coefficient (Wildman–Crippen LogP) is 1.05. The summed E-state index contributed by atoms with van der Waals surface area (Å²) in [4.78, 5) is 38.4. The van der Waals surface area contributed by atoms with Crippen molar-refractivity contribution in [1.82, 2.24) is 14.9 Å². The molecule has 1 saturated heterocycles. The third-order valence-electron chi connectivity index (χ3n) is 4.93. The second-order valence-electron chi connectivity index (χ2n) is 7.16.